The first-order valence-corrected chi connectivity index (χ1v) is 5.85. The third-order valence-electron chi connectivity index (χ3n) is 2.84. The summed E-state index contributed by atoms with van der Waals surface area (Å²) >= 11 is 0. The summed E-state index contributed by atoms with van der Waals surface area (Å²) in [6.45, 7) is 3.15. The normalized spacial score (nSPS) is 35.1. The van der Waals surface area contributed by atoms with Crippen LogP contribution in [0.1, 0.15) is 39.0 Å². The highest BCUT2D eigenvalue weighted by atomic mass is 16.7. The molecular formula is C12H20O2. The van der Waals surface area contributed by atoms with Crippen LogP contribution >= 0.6 is 0 Å². The fraction of sp³-hybridized carbons (Fsp3) is 0.833. The van der Waals surface area contributed by atoms with E-state index in [0.717, 1.165) is 6.61 Å². The van der Waals surface area contributed by atoms with Crippen LogP contribution in [0.25, 0.3) is 0 Å². The topological polar surface area (TPSA) is 25.1 Å². The number of hydrogen-bond donors (Lipinski definition) is 0. The summed E-state index contributed by atoms with van der Waals surface area (Å²) < 4.78 is 10.6. The van der Waals surface area contributed by atoms with Crippen LogP contribution in [-0.4, -0.2) is 24.9 Å². The maximum absolute atomic E-state index is 5.46. The Bertz CT molecular complexity index is 196. The van der Waals surface area contributed by atoms with Crippen molar-refractivity contribution in [2.45, 2.75) is 57.3 Å². The van der Waals surface area contributed by atoms with E-state index in [1.807, 2.05) is 0 Å². The Morgan fingerprint density at radius 1 is 1.29 bits per heavy atom. The van der Waals surface area contributed by atoms with E-state index in [4.69, 9.17) is 9.47 Å². The lowest BCUT2D eigenvalue weighted by atomic mass is 10.1. The van der Waals surface area contributed by atoms with E-state index in [1.54, 1.807) is 0 Å². The molecule has 0 aromatic rings. The van der Waals surface area contributed by atoms with Gasteiger partial charge in [0, 0.05) is 0 Å². The largest absolute Gasteiger partial charge is 0.370 e. The van der Waals surface area contributed by atoms with Crippen LogP contribution in [0, 0.1) is 0 Å². The van der Waals surface area contributed by atoms with Crippen molar-refractivity contribution in [2.75, 3.05) is 6.61 Å². The first kappa shape index (κ1) is 10.2. The van der Waals surface area contributed by atoms with E-state index in [2.05, 4.69) is 19.1 Å². The minimum Gasteiger partial charge on any atom is -0.370 e. The second-order valence-electron chi connectivity index (χ2n) is 4.21. The summed E-state index contributed by atoms with van der Waals surface area (Å²) in [6, 6.07) is 0. The molecule has 2 nitrogen and oxygen atoms in total. The van der Waals surface area contributed by atoms with E-state index >= 15 is 0 Å². The molecule has 80 valence electrons. The predicted molar refractivity (Wildman–Crippen MR) is 56.3 cm³/mol. The molecule has 0 aliphatic carbocycles. The SMILES string of the molecule is CCCCCCC=CC1OC1C1CO1. The van der Waals surface area contributed by atoms with Gasteiger partial charge >= 0.3 is 0 Å². The molecule has 3 unspecified atom stereocenters. The van der Waals surface area contributed by atoms with Crippen molar-refractivity contribution < 1.29 is 9.47 Å². The van der Waals surface area contributed by atoms with Crippen LogP contribution in [0.15, 0.2) is 12.2 Å². The van der Waals surface area contributed by atoms with E-state index in [9.17, 15) is 0 Å². The van der Waals surface area contributed by atoms with E-state index in [-0.39, 0.29) is 0 Å². The molecule has 0 saturated carbocycles. The highest BCUT2D eigenvalue weighted by Gasteiger charge is 2.49. The van der Waals surface area contributed by atoms with E-state index in [0.29, 0.717) is 18.3 Å². The number of rotatable bonds is 7. The molecule has 2 fully saturated rings. The minimum atomic E-state index is 0.369. The zero-order chi connectivity index (χ0) is 9.80. The summed E-state index contributed by atoms with van der Waals surface area (Å²) in [7, 11) is 0. The smallest absolute Gasteiger partial charge is 0.117 e. The van der Waals surface area contributed by atoms with Gasteiger partial charge in [0.25, 0.3) is 0 Å². The Labute approximate surface area is 86.3 Å². The fourth-order valence-electron chi connectivity index (χ4n) is 1.75. The summed E-state index contributed by atoms with van der Waals surface area (Å²) in [4.78, 5) is 0. The second kappa shape index (κ2) is 4.94. The third-order valence-corrected chi connectivity index (χ3v) is 2.84. The molecular weight excluding hydrogens is 176 g/mol. The number of epoxide rings is 2. The van der Waals surface area contributed by atoms with Gasteiger partial charge in [-0.05, 0) is 12.8 Å². The molecule has 3 atom stereocenters. The van der Waals surface area contributed by atoms with Gasteiger partial charge in [0.1, 0.15) is 18.3 Å². The maximum atomic E-state index is 5.46. The maximum Gasteiger partial charge on any atom is 0.117 e. The molecule has 0 spiro atoms. The third kappa shape index (κ3) is 3.10. The summed E-state index contributed by atoms with van der Waals surface area (Å²) in [6.07, 6.45) is 12.2. The molecule has 0 bridgehead atoms. The standard InChI is InChI=1S/C12H20O2/c1-2-3-4-5-6-7-8-10-12(14-10)11-9-13-11/h7-8,10-12H,2-6,9H2,1H3. The number of ether oxygens (including phenoxy) is 2. The van der Waals surface area contributed by atoms with Gasteiger partial charge in [0.2, 0.25) is 0 Å². The first-order chi connectivity index (χ1) is 6.92. The van der Waals surface area contributed by atoms with Crippen molar-refractivity contribution in [3.8, 4) is 0 Å². The van der Waals surface area contributed by atoms with E-state index in [1.165, 1.54) is 32.1 Å². The number of unbranched alkanes of at least 4 members (excludes halogenated alkanes) is 4. The zero-order valence-corrected chi connectivity index (χ0v) is 8.95. The van der Waals surface area contributed by atoms with Gasteiger partial charge in [-0.15, -0.1) is 0 Å². The van der Waals surface area contributed by atoms with Crippen LogP contribution in [0.5, 0.6) is 0 Å². The second-order valence-corrected chi connectivity index (χ2v) is 4.21. The van der Waals surface area contributed by atoms with Crippen molar-refractivity contribution in [3.63, 3.8) is 0 Å². The van der Waals surface area contributed by atoms with Gasteiger partial charge in [-0.3, -0.25) is 0 Å². The predicted octanol–water partition coefficient (Wildman–Crippen LogP) is 2.68. The Balaban J connectivity index is 1.47. The fourth-order valence-corrected chi connectivity index (χ4v) is 1.75. The van der Waals surface area contributed by atoms with Crippen molar-refractivity contribution in [3.05, 3.63) is 12.2 Å². The molecule has 2 aliphatic rings. The van der Waals surface area contributed by atoms with Crippen LogP contribution in [0.4, 0.5) is 0 Å². The Morgan fingerprint density at radius 3 is 2.86 bits per heavy atom. The lowest BCUT2D eigenvalue weighted by molar-refractivity contribution is 0.320. The van der Waals surface area contributed by atoms with Gasteiger partial charge in [0.15, 0.2) is 0 Å². The monoisotopic (exact) mass is 196 g/mol. The van der Waals surface area contributed by atoms with Gasteiger partial charge in [-0.25, -0.2) is 0 Å². The highest BCUT2D eigenvalue weighted by molar-refractivity contribution is 5.07. The molecule has 2 saturated heterocycles. The average Bonchev–Trinajstić information content (AvgIpc) is 3.01. The summed E-state index contributed by atoms with van der Waals surface area (Å²) in [5.74, 6) is 0. The van der Waals surface area contributed by atoms with Crippen LogP contribution in [-0.2, 0) is 9.47 Å². The van der Waals surface area contributed by atoms with Crippen LogP contribution in [0.3, 0.4) is 0 Å². The molecule has 0 amide bonds. The molecule has 2 heterocycles. The van der Waals surface area contributed by atoms with Gasteiger partial charge in [-0.2, -0.15) is 0 Å². The molecule has 2 aliphatic heterocycles. The quantitative estimate of drug-likeness (QED) is 0.355. The first-order valence-electron chi connectivity index (χ1n) is 5.85. The Hall–Kier alpha value is -0.340. The summed E-state index contributed by atoms with van der Waals surface area (Å²) in [5.41, 5.74) is 0. The van der Waals surface area contributed by atoms with Crippen molar-refractivity contribution in [1.29, 1.82) is 0 Å². The molecule has 0 aromatic heterocycles. The molecule has 2 rings (SSSR count). The number of allylic oxidation sites excluding steroid dienone is 1. The Kier molecular flexibility index (Phi) is 3.60. The van der Waals surface area contributed by atoms with Gasteiger partial charge < -0.3 is 9.47 Å². The summed E-state index contributed by atoms with van der Waals surface area (Å²) in [5, 5.41) is 0. The Morgan fingerprint density at radius 2 is 2.14 bits per heavy atom. The minimum absolute atomic E-state index is 0.369. The molecule has 0 radical (unpaired) electrons. The molecule has 0 N–H and O–H groups in total. The van der Waals surface area contributed by atoms with Gasteiger partial charge in [0.05, 0.1) is 6.61 Å². The van der Waals surface area contributed by atoms with E-state index < -0.39 is 0 Å². The van der Waals surface area contributed by atoms with Crippen molar-refractivity contribution >= 4 is 0 Å². The molecule has 14 heavy (non-hydrogen) atoms. The highest BCUT2D eigenvalue weighted by Crippen LogP contribution is 2.34. The lowest BCUT2D eigenvalue weighted by Crippen LogP contribution is -1.98. The average molecular weight is 196 g/mol. The lowest BCUT2D eigenvalue weighted by Gasteiger charge is -1.93. The van der Waals surface area contributed by atoms with Crippen molar-refractivity contribution in [2.24, 2.45) is 0 Å². The van der Waals surface area contributed by atoms with Crippen LogP contribution < -0.4 is 0 Å². The van der Waals surface area contributed by atoms with Gasteiger partial charge in [-0.1, -0.05) is 38.3 Å². The zero-order valence-electron chi connectivity index (χ0n) is 8.95. The number of hydrogen-bond acceptors (Lipinski definition) is 2. The molecule has 2 heteroatoms. The van der Waals surface area contributed by atoms with Crippen molar-refractivity contribution in [1.82, 2.24) is 0 Å². The van der Waals surface area contributed by atoms with Crippen LogP contribution in [0.2, 0.25) is 0 Å². The molecule has 0 aromatic carbocycles.